The van der Waals surface area contributed by atoms with Gasteiger partial charge in [0.2, 0.25) is 5.91 Å². The highest BCUT2D eigenvalue weighted by atomic mass is 35.5. The highest BCUT2D eigenvalue weighted by Crippen LogP contribution is 2.43. The minimum absolute atomic E-state index is 0.0606. The first-order valence-corrected chi connectivity index (χ1v) is 10.00. The summed E-state index contributed by atoms with van der Waals surface area (Å²) in [5, 5.41) is 3.36. The SMILES string of the molecule is Cc1cc(C(=O)c2c(Cl)ccc(C(N[C@H](C)CC(N)=O)C3CC3)c2F)ccc1N. The van der Waals surface area contributed by atoms with Gasteiger partial charge in [0.15, 0.2) is 5.78 Å². The maximum atomic E-state index is 15.5. The number of benzene rings is 2. The molecule has 5 nitrogen and oxygen atoms in total. The van der Waals surface area contributed by atoms with Crippen LogP contribution in [0.25, 0.3) is 0 Å². The van der Waals surface area contributed by atoms with Crippen LogP contribution in [0.3, 0.4) is 0 Å². The van der Waals surface area contributed by atoms with Gasteiger partial charge in [-0.2, -0.15) is 0 Å². The zero-order valence-corrected chi connectivity index (χ0v) is 17.2. The molecule has 1 amide bonds. The van der Waals surface area contributed by atoms with Crippen LogP contribution in [0, 0.1) is 18.7 Å². The van der Waals surface area contributed by atoms with Crippen molar-refractivity contribution in [3.8, 4) is 0 Å². The number of amides is 1. The minimum Gasteiger partial charge on any atom is -0.399 e. The number of carbonyl (C=O) groups excluding carboxylic acids is 2. The van der Waals surface area contributed by atoms with Gasteiger partial charge in [0, 0.05) is 35.3 Å². The molecule has 1 fully saturated rings. The number of nitrogens with one attached hydrogen (secondary N) is 1. The molecule has 0 heterocycles. The van der Waals surface area contributed by atoms with Gasteiger partial charge in [-0.25, -0.2) is 4.39 Å². The number of primary amides is 1. The summed E-state index contributed by atoms with van der Waals surface area (Å²) in [4.78, 5) is 24.2. The van der Waals surface area contributed by atoms with E-state index in [2.05, 4.69) is 5.32 Å². The first-order valence-electron chi connectivity index (χ1n) is 9.62. The highest BCUT2D eigenvalue weighted by molar-refractivity contribution is 6.35. The summed E-state index contributed by atoms with van der Waals surface area (Å²) >= 11 is 6.22. The lowest BCUT2D eigenvalue weighted by molar-refractivity contribution is -0.118. The lowest BCUT2D eigenvalue weighted by atomic mass is 9.94. The second-order valence-corrected chi connectivity index (χ2v) is 8.19. The van der Waals surface area contributed by atoms with Gasteiger partial charge in [-0.1, -0.05) is 17.7 Å². The van der Waals surface area contributed by atoms with Crippen LogP contribution in [0.4, 0.5) is 10.1 Å². The quantitative estimate of drug-likeness (QED) is 0.448. The van der Waals surface area contributed by atoms with Gasteiger partial charge in [-0.15, -0.1) is 0 Å². The van der Waals surface area contributed by atoms with E-state index in [4.69, 9.17) is 23.1 Å². The van der Waals surface area contributed by atoms with Crippen molar-refractivity contribution < 1.29 is 14.0 Å². The van der Waals surface area contributed by atoms with E-state index in [0.717, 1.165) is 18.4 Å². The van der Waals surface area contributed by atoms with Gasteiger partial charge < -0.3 is 16.8 Å². The first-order chi connectivity index (χ1) is 13.7. The molecular weight excluding hydrogens is 393 g/mol. The number of hydrogen-bond acceptors (Lipinski definition) is 4. The van der Waals surface area contributed by atoms with Gasteiger partial charge in [-0.3, -0.25) is 9.59 Å². The summed E-state index contributed by atoms with van der Waals surface area (Å²) in [6, 6.07) is 7.44. The Bertz CT molecular complexity index is 959. The van der Waals surface area contributed by atoms with Gasteiger partial charge in [0.05, 0.1) is 10.6 Å². The number of nitrogens with two attached hydrogens (primary N) is 2. The van der Waals surface area contributed by atoms with Crippen molar-refractivity contribution in [3.63, 3.8) is 0 Å². The van der Waals surface area contributed by atoms with Crippen molar-refractivity contribution in [1.82, 2.24) is 5.32 Å². The second-order valence-electron chi connectivity index (χ2n) is 7.78. The predicted octanol–water partition coefficient (Wildman–Crippen LogP) is 3.91. The second kappa shape index (κ2) is 8.51. The Morgan fingerprint density at radius 2 is 1.97 bits per heavy atom. The summed E-state index contributed by atoms with van der Waals surface area (Å²) in [5.74, 6) is -1.31. The molecule has 0 radical (unpaired) electrons. The van der Waals surface area contributed by atoms with E-state index < -0.39 is 17.5 Å². The molecule has 2 aromatic rings. The van der Waals surface area contributed by atoms with Crippen LogP contribution in [0.15, 0.2) is 30.3 Å². The summed E-state index contributed by atoms with van der Waals surface area (Å²) < 4.78 is 15.5. The van der Waals surface area contributed by atoms with E-state index in [1.54, 1.807) is 37.3 Å². The smallest absolute Gasteiger partial charge is 0.218 e. The number of aryl methyl sites for hydroxylation is 1. The Labute approximate surface area is 174 Å². The zero-order valence-electron chi connectivity index (χ0n) is 16.5. The Balaban J connectivity index is 1.97. The zero-order chi connectivity index (χ0) is 21.3. The van der Waals surface area contributed by atoms with Crippen molar-refractivity contribution in [1.29, 1.82) is 0 Å². The fourth-order valence-corrected chi connectivity index (χ4v) is 3.79. The van der Waals surface area contributed by atoms with Crippen LogP contribution in [0.5, 0.6) is 0 Å². The van der Waals surface area contributed by atoms with E-state index >= 15 is 4.39 Å². The molecule has 1 aliphatic carbocycles. The molecule has 0 saturated heterocycles. The number of rotatable bonds is 8. The Kier molecular flexibility index (Phi) is 6.24. The molecule has 154 valence electrons. The van der Waals surface area contributed by atoms with Gasteiger partial charge in [0.1, 0.15) is 5.82 Å². The molecule has 3 rings (SSSR count). The molecule has 0 bridgehead atoms. The van der Waals surface area contributed by atoms with Crippen molar-refractivity contribution >= 4 is 29.0 Å². The molecule has 0 aliphatic heterocycles. The number of nitrogen functional groups attached to an aromatic ring is 1. The van der Waals surface area contributed by atoms with Gasteiger partial charge in [-0.05, 0) is 62.4 Å². The van der Waals surface area contributed by atoms with E-state index in [1.165, 1.54) is 0 Å². The highest BCUT2D eigenvalue weighted by Gasteiger charge is 2.36. The van der Waals surface area contributed by atoms with E-state index in [9.17, 15) is 9.59 Å². The van der Waals surface area contributed by atoms with Crippen molar-refractivity contribution in [2.24, 2.45) is 11.7 Å². The van der Waals surface area contributed by atoms with E-state index in [-0.39, 0.29) is 35.0 Å². The maximum absolute atomic E-state index is 15.5. The third kappa shape index (κ3) is 4.77. The summed E-state index contributed by atoms with van der Waals surface area (Å²) in [5.41, 5.74) is 12.9. The van der Waals surface area contributed by atoms with Crippen LogP contribution in [0.2, 0.25) is 5.02 Å². The number of ketones is 1. The van der Waals surface area contributed by atoms with Crippen LogP contribution in [0.1, 0.15) is 59.3 Å². The summed E-state index contributed by atoms with van der Waals surface area (Å²) in [6.45, 7) is 3.62. The average Bonchev–Trinajstić information content (AvgIpc) is 3.47. The summed E-state index contributed by atoms with van der Waals surface area (Å²) in [6.07, 6.45) is 2.04. The predicted molar refractivity (Wildman–Crippen MR) is 112 cm³/mol. The Hall–Kier alpha value is -2.44. The number of halogens is 2. The first kappa shape index (κ1) is 21.3. The average molecular weight is 418 g/mol. The fraction of sp³-hybridized carbons (Fsp3) is 0.364. The van der Waals surface area contributed by atoms with Gasteiger partial charge >= 0.3 is 0 Å². The maximum Gasteiger partial charge on any atom is 0.218 e. The lowest BCUT2D eigenvalue weighted by Gasteiger charge is -2.24. The topological polar surface area (TPSA) is 98.2 Å². The van der Waals surface area contributed by atoms with Crippen molar-refractivity contribution in [3.05, 3.63) is 63.4 Å². The third-order valence-corrected chi connectivity index (χ3v) is 5.59. The minimum atomic E-state index is -0.632. The summed E-state index contributed by atoms with van der Waals surface area (Å²) in [7, 11) is 0. The van der Waals surface area contributed by atoms with Crippen LogP contribution in [-0.2, 0) is 4.79 Å². The van der Waals surface area contributed by atoms with Crippen molar-refractivity contribution in [2.45, 2.75) is 45.2 Å². The van der Waals surface area contributed by atoms with E-state index in [0.29, 0.717) is 16.8 Å². The normalized spacial score (nSPS) is 15.7. The lowest BCUT2D eigenvalue weighted by Crippen LogP contribution is -2.35. The molecule has 0 spiro atoms. The number of hydrogen-bond donors (Lipinski definition) is 3. The number of anilines is 1. The monoisotopic (exact) mass is 417 g/mol. The van der Waals surface area contributed by atoms with E-state index in [1.807, 2.05) is 6.92 Å². The molecule has 5 N–H and O–H groups in total. The molecule has 1 unspecified atom stereocenters. The molecule has 1 saturated carbocycles. The molecule has 2 atom stereocenters. The largest absolute Gasteiger partial charge is 0.399 e. The van der Waals surface area contributed by atoms with Gasteiger partial charge in [0.25, 0.3) is 0 Å². The van der Waals surface area contributed by atoms with Crippen LogP contribution in [-0.4, -0.2) is 17.7 Å². The molecule has 2 aromatic carbocycles. The molecule has 0 aromatic heterocycles. The third-order valence-electron chi connectivity index (χ3n) is 5.28. The molecule has 29 heavy (non-hydrogen) atoms. The Morgan fingerprint density at radius 1 is 1.28 bits per heavy atom. The fourth-order valence-electron chi connectivity index (χ4n) is 3.55. The molecular formula is C22H25ClFN3O2. The molecule has 7 heteroatoms. The van der Waals surface area contributed by atoms with Crippen molar-refractivity contribution in [2.75, 3.05) is 5.73 Å². The number of carbonyl (C=O) groups is 2. The Morgan fingerprint density at radius 3 is 2.55 bits per heavy atom. The van der Waals surface area contributed by atoms with Crippen LogP contribution >= 0.6 is 11.6 Å². The molecule has 1 aliphatic rings. The van der Waals surface area contributed by atoms with Crippen LogP contribution < -0.4 is 16.8 Å². The standard InChI is InChI=1S/C22H25ClFN3O2/c1-11-9-14(5-8-17(11)25)22(29)19-16(23)7-6-15(20(19)24)21(13-3-4-13)27-12(2)10-18(26)28/h5-9,12-13,21,27H,3-4,10,25H2,1-2H3,(H2,26,28)/t12-,21?/m1/s1.